The van der Waals surface area contributed by atoms with E-state index < -0.39 is 69.5 Å². The number of alkyl halides is 3. The summed E-state index contributed by atoms with van der Waals surface area (Å²) in [5.74, 6) is -6.82. The number of imide groups is 2. The molecule has 0 spiro atoms. The molecular weight excluding hydrogens is 784 g/mol. The van der Waals surface area contributed by atoms with E-state index in [2.05, 4.69) is 10.4 Å². The topological polar surface area (TPSA) is 129 Å². The number of fused-ring (bicyclic) bond motifs is 4. The Balaban J connectivity index is 1.31. The van der Waals surface area contributed by atoms with Crippen molar-refractivity contribution >= 4 is 58.3 Å². The lowest BCUT2D eigenvalue weighted by atomic mass is 9.49. The zero-order valence-corrected chi connectivity index (χ0v) is 31.8. The number of amides is 4. The van der Waals surface area contributed by atoms with Crippen LogP contribution < -0.4 is 15.1 Å². The number of ether oxygens (including phenoxy) is 1. The predicted octanol–water partition coefficient (Wildman–Crippen LogP) is 7.53. The number of para-hydroxylation sites is 1. The molecule has 6 atom stereocenters. The van der Waals surface area contributed by atoms with E-state index in [1.54, 1.807) is 60.7 Å². The summed E-state index contributed by atoms with van der Waals surface area (Å²) in [6.07, 6.45) is -1.41. The van der Waals surface area contributed by atoms with Crippen molar-refractivity contribution in [3.8, 4) is 5.75 Å². The summed E-state index contributed by atoms with van der Waals surface area (Å²) in [5.41, 5.74) is 2.77. The maximum absolute atomic E-state index is 15.4. The third kappa shape index (κ3) is 6.18. The molecule has 0 radical (unpaired) electrons. The van der Waals surface area contributed by atoms with Gasteiger partial charge < -0.3 is 9.84 Å². The molecule has 2 aliphatic carbocycles. The summed E-state index contributed by atoms with van der Waals surface area (Å²) in [7, 11) is 0. The van der Waals surface area contributed by atoms with Crippen molar-refractivity contribution in [2.45, 2.75) is 43.7 Å². The van der Waals surface area contributed by atoms with Crippen molar-refractivity contribution < 1.29 is 42.2 Å². The first kappa shape index (κ1) is 38.6. The lowest BCUT2D eigenvalue weighted by Crippen LogP contribution is -2.53. The van der Waals surface area contributed by atoms with E-state index in [1.165, 1.54) is 4.90 Å². The van der Waals surface area contributed by atoms with Crippen LogP contribution in [0.25, 0.3) is 0 Å². The van der Waals surface area contributed by atoms with Gasteiger partial charge in [0.05, 0.1) is 46.0 Å². The number of nitrogens with one attached hydrogen (secondary N) is 1. The molecule has 3 fully saturated rings. The highest BCUT2D eigenvalue weighted by molar-refractivity contribution is 6.33. The number of benzene rings is 3. The van der Waals surface area contributed by atoms with Crippen LogP contribution in [-0.4, -0.2) is 51.9 Å². The SMILES string of the molecule is CCc1ccc(N2C(=O)C3CC=C4C(CC5C(=O)N(Nc6ncc(C(F)(F)F)cc6Cl)C(=O)C5(c5ccc(Cl)cc5)C4c4ccccc4OCCO)C3C2=O)cc1. The third-order valence-corrected chi connectivity index (χ3v) is 12.3. The quantitative estimate of drug-likeness (QED) is 0.131. The molecule has 0 bridgehead atoms. The molecule has 3 aromatic carbocycles. The van der Waals surface area contributed by atoms with Gasteiger partial charge in [-0.25, -0.2) is 4.98 Å². The van der Waals surface area contributed by atoms with Crippen molar-refractivity contribution in [3.63, 3.8) is 0 Å². The number of aromatic nitrogens is 1. The van der Waals surface area contributed by atoms with Crippen LogP contribution in [0.1, 0.15) is 47.9 Å². The van der Waals surface area contributed by atoms with Gasteiger partial charge in [-0.1, -0.05) is 84.2 Å². The fraction of sp³-hybridized carbons (Fsp3) is 0.310. The molecule has 4 aliphatic rings. The second-order valence-corrected chi connectivity index (χ2v) is 15.4. The Bertz CT molecular complexity index is 2320. The smallest absolute Gasteiger partial charge is 0.417 e. The Morgan fingerprint density at radius 2 is 1.67 bits per heavy atom. The van der Waals surface area contributed by atoms with Crippen molar-refractivity contribution in [3.05, 3.63) is 129 Å². The Labute approximate surface area is 335 Å². The summed E-state index contributed by atoms with van der Waals surface area (Å²) in [4.78, 5) is 64.2. The molecule has 6 unspecified atom stereocenters. The zero-order chi connectivity index (χ0) is 40.4. The van der Waals surface area contributed by atoms with Crippen molar-refractivity contribution in [2.24, 2.45) is 23.7 Å². The largest absolute Gasteiger partial charge is 0.491 e. The van der Waals surface area contributed by atoms with Gasteiger partial charge in [0.2, 0.25) is 11.8 Å². The Hall–Kier alpha value is -5.24. The highest BCUT2D eigenvalue weighted by Crippen LogP contribution is 2.65. The molecule has 2 aliphatic heterocycles. The van der Waals surface area contributed by atoms with Gasteiger partial charge in [-0.05, 0) is 72.7 Å². The number of anilines is 2. The van der Waals surface area contributed by atoms with Crippen LogP contribution in [0, 0.1) is 23.7 Å². The second-order valence-electron chi connectivity index (χ2n) is 14.6. The van der Waals surface area contributed by atoms with Crippen LogP contribution >= 0.6 is 23.2 Å². The van der Waals surface area contributed by atoms with E-state index in [1.807, 2.05) is 25.1 Å². The molecule has 3 heterocycles. The van der Waals surface area contributed by atoms with Gasteiger partial charge in [-0.3, -0.25) is 29.5 Å². The fourth-order valence-electron chi connectivity index (χ4n) is 9.27. The Morgan fingerprint density at radius 1 is 0.947 bits per heavy atom. The minimum Gasteiger partial charge on any atom is -0.491 e. The number of allylic oxidation sites excluding steroid dienone is 2. The number of carbonyl (C=O) groups excluding carboxylic acids is 4. The van der Waals surface area contributed by atoms with Crippen molar-refractivity contribution in [1.82, 2.24) is 9.99 Å². The summed E-state index contributed by atoms with van der Waals surface area (Å²) in [5, 5.41) is 10.4. The Morgan fingerprint density at radius 3 is 2.33 bits per heavy atom. The lowest BCUT2D eigenvalue weighted by Gasteiger charge is -2.50. The van der Waals surface area contributed by atoms with Gasteiger partial charge in [0, 0.05) is 22.7 Å². The molecule has 57 heavy (non-hydrogen) atoms. The number of hydrogen-bond acceptors (Lipinski definition) is 8. The summed E-state index contributed by atoms with van der Waals surface area (Å²) < 4.78 is 46.6. The van der Waals surface area contributed by atoms with Crippen LogP contribution in [0.5, 0.6) is 5.75 Å². The number of pyridine rings is 1. The molecule has 4 aromatic rings. The summed E-state index contributed by atoms with van der Waals surface area (Å²) in [6, 6.07) is 21.3. The average molecular weight is 820 g/mol. The van der Waals surface area contributed by atoms with Crippen LogP contribution in [0.4, 0.5) is 24.7 Å². The molecule has 15 heteroatoms. The van der Waals surface area contributed by atoms with Crippen LogP contribution in [0.15, 0.2) is 96.7 Å². The third-order valence-electron chi connectivity index (χ3n) is 11.7. The van der Waals surface area contributed by atoms with Crippen LogP contribution in [0.2, 0.25) is 10.0 Å². The average Bonchev–Trinajstić information content (AvgIpc) is 3.58. The molecule has 4 amide bonds. The standard InChI is InChI=1S/C42H35Cl2F3N4O6/c1-2-22-7-13-26(14-8-22)50-37(53)29-16-15-27-30(34(29)39(50)55)20-31-38(54)51(49-36-32(44)19-24(21-48-36)42(45,46)47)40(56)41(31,23-9-11-25(43)12-10-23)35(27)28-5-3-4-6-33(28)57-18-17-52/h3-15,19,21,29-31,34-35,52H,2,16-18,20H2,1H3,(H,48,49). The number of aliphatic hydroxyl groups is 1. The van der Waals surface area contributed by atoms with E-state index in [4.69, 9.17) is 27.9 Å². The van der Waals surface area contributed by atoms with Crippen molar-refractivity contribution in [2.75, 3.05) is 23.5 Å². The van der Waals surface area contributed by atoms with E-state index in [-0.39, 0.29) is 37.8 Å². The first-order valence-electron chi connectivity index (χ1n) is 18.4. The summed E-state index contributed by atoms with van der Waals surface area (Å²) >= 11 is 12.7. The number of hydrazine groups is 1. The minimum absolute atomic E-state index is 0.0374. The first-order chi connectivity index (χ1) is 27.3. The lowest BCUT2D eigenvalue weighted by molar-refractivity contribution is -0.139. The van der Waals surface area contributed by atoms with Crippen LogP contribution in [-0.2, 0) is 37.2 Å². The number of halogens is 5. The summed E-state index contributed by atoms with van der Waals surface area (Å²) in [6.45, 7) is 1.59. The molecular formula is C42H35Cl2F3N4O6. The highest BCUT2D eigenvalue weighted by Gasteiger charge is 2.70. The van der Waals surface area contributed by atoms with Gasteiger partial charge in [-0.2, -0.15) is 18.2 Å². The number of nitrogens with zero attached hydrogens (tertiary/aromatic N) is 3. The predicted molar refractivity (Wildman–Crippen MR) is 204 cm³/mol. The van der Waals surface area contributed by atoms with Crippen LogP contribution in [0.3, 0.4) is 0 Å². The normalized spacial score (nSPS) is 25.6. The van der Waals surface area contributed by atoms with Gasteiger partial charge >= 0.3 is 6.18 Å². The van der Waals surface area contributed by atoms with Gasteiger partial charge in [0.25, 0.3) is 11.8 Å². The van der Waals surface area contributed by atoms with Gasteiger partial charge in [-0.15, -0.1) is 0 Å². The van der Waals surface area contributed by atoms with E-state index in [0.29, 0.717) is 45.4 Å². The molecule has 8 rings (SSSR count). The molecule has 2 saturated heterocycles. The molecule has 10 nitrogen and oxygen atoms in total. The van der Waals surface area contributed by atoms with Gasteiger partial charge in [0.1, 0.15) is 12.4 Å². The highest BCUT2D eigenvalue weighted by atomic mass is 35.5. The number of aliphatic hydroxyl groups excluding tert-OH is 1. The molecule has 294 valence electrons. The molecule has 2 N–H and O–H groups in total. The number of hydrogen-bond donors (Lipinski definition) is 2. The van der Waals surface area contributed by atoms with Crippen molar-refractivity contribution in [1.29, 1.82) is 0 Å². The Kier molecular flexibility index (Phi) is 9.90. The van der Waals surface area contributed by atoms with Gasteiger partial charge in [0.15, 0.2) is 5.82 Å². The number of carbonyl (C=O) groups is 4. The fourth-order valence-corrected chi connectivity index (χ4v) is 9.60. The van der Waals surface area contributed by atoms with E-state index >= 15 is 4.79 Å². The van der Waals surface area contributed by atoms with E-state index in [9.17, 15) is 32.7 Å². The van der Waals surface area contributed by atoms with E-state index in [0.717, 1.165) is 17.0 Å². The molecule has 1 aromatic heterocycles. The maximum Gasteiger partial charge on any atom is 0.417 e. The monoisotopic (exact) mass is 818 g/mol. The number of rotatable bonds is 9. The first-order valence-corrected chi connectivity index (χ1v) is 19.2. The zero-order valence-electron chi connectivity index (χ0n) is 30.3. The number of aryl methyl sites for hydroxylation is 1. The minimum atomic E-state index is -4.75. The molecule has 1 saturated carbocycles. The maximum atomic E-state index is 15.4. The second kappa shape index (κ2) is 14.6.